The van der Waals surface area contributed by atoms with Crippen molar-refractivity contribution in [2.24, 2.45) is 42.3 Å². The minimum atomic E-state index is 0.826. The first-order valence-electron chi connectivity index (χ1n) is 19.9. The zero-order chi connectivity index (χ0) is 44.6. The average molecular weight is 824 g/mol. The van der Waals surface area contributed by atoms with Crippen molar-refractivity contribution < 1.29 is 4.42 Å². The van der Waals surface area contributed by atoms with Crippen LogP contribution in [0.25, 0.3) is 33.4 Å². The highest BCUT2D eigenvalue weighted by Crippen LogP contribution is 2.12. The first-order valence-corrected chi connectivity index (χ1v) is 19.9. The first-order chi connectivity index (χ1) is 29.1. The van der Waals surface area contributed by atoms with Crippen molar-refractivity contribution in [2.45, 2.75) is 55.4 Å². The van der Waals surface area contributed by atoms with E-state index in [0.29, 0.717) is 0 Å². The molecule has 0 radical (unpaired) electrons. The lowest BCUT2D eigenvalue weighted by atomic mass is 10.3. The number of rotatable bonds is 0. The normalized spacial score (nSPS) is 10.1. The van der Waals surface area contributed by atoms with Crippen LogP contribution in [0.5, 0.6) is 0 Å². The van der Waals surface area contributed by atoms with E-state index in [1.54, 1.807) is 31.1 Å². The minimum Gasteiger partial charge on any atom is -0.469 e. The Balaban J connectivity index is 0.000000159. The van der Waals surface area contributed by atoms with Crippen molar-refractivity contribution in [1.82, 2.24) is 62.3 Å². The Morgan fingerprint density at radius 2 is 1.05 bits per heavy atom. The number of furan rings is 1. The molecule has 0 aliphatic heterocycles. The molecule has 0 aliphatic carbocycles. The van der Waals surface area contributed by atoms with E-state index in [0.717, 1.165) is 62.4 Å². The standard InChI is InChI=1S/3C8H9N3.2C6H9N.C6H8O.C5H8N2/c1-6-10-7-3-4-9-5-8(7)11(6)2;1-6-10-8-7(11(6)2)4-3-5-9-8;1-6-10-7-4-3-5-9-8(7)11(6)2;2*1-6-4-3-5-7(6)2;1-5-3-4-7-6(5)2;1-5-6-3-4-7(5)2/h3*3-5H,1-2H3;2*3-5H,1-2H3;2*3-4H,1-2H3. The highest BCUT2D eigenvalue weighted by atomic mass is 16.3. The molecule has 61 heavy (non-hydrogen) atoms. The van der Waals surface area contributed by atoms with E-state index >= 15 is 0 Å². The summed E-state index contributed by atoms with van der Waals surface area (Å²) in [5, 5.41) is 0. The van der Waals surface area contributed by atoms with Gasteiger partial charge in [0.25, 0.3) is 0 Å². The van der Waals surface area contributed by atoms with Gasteiger partial charge in [-0.3, -0.25) is 4.98 Å². The van der Waals surface area contributed by atoms with Gasteiger partial charge in [-0.1, -0.05) is 0 Å². The Bertz CT molecular complexity index is 2430. The van der Waals surface area contributed by atoms with Crippen molar-refractivity contribution >= 4 is 33.4 Å². The Labute approximate surface area is 359 Å². The van der Waals surface area contributed by atoms with Crippen molar-refractivity contribution in [2.75, 3.05) is 0 Å². The Morgan fingerprint density at radius 3 is 1.49 bits per heavy atom. The van der Waals surface area contributed by atoms with E-state index in [1.165, 1.54) is 17.0 Å². The fourth-order valence-corrected chi connectivity index (χ4v) is 5.41. The molecule has 0 aromatic carbocycles. The highest BCUT2D eigenvalue weighted by molar-refractivity contribution is 5.74. The number of pyridine rings is 3. The molecule has 0 atom stereocenters. The van der Waals surface area contributed by atoms with Crippen LogP contribution in [0.15, 0.2) is 121 Å². The van der Waals surface area contributed by atoms with Crippen molar-refractivity contribution in [3.63, 3.8) is 0 Å². The molecule has 10 rings (SSSR count). The lowest BCUT2D eigenvalue weighted by Crippen LogP contribution is -1.91. The second-order valence-corrected chi connectivity index (χ2v) is 14.5. The number of hydrogen-bond acceptors (Lipinski definition) is 8. The topological polar surface area (TPSA) is 133 Å². The van der Waals surface area contributed by atoms with E-state index in [-0.39, 0.29) is 0 Å². The van der Waals surface area contributed by atoms with Gasteiger partial charge < -0.3 is 31.8 Å². The third-order valence-electron chi connectivity index (χ3n) is 10.2. The largest absolute Gasteiger partial charge is 0.469 e. The fourth-order valence-electron chi connectivity index (χ4n) is 5.41. The maximum absolute atomic E-state index is 4.96. The predicted molar refractivity (Wildman–Crippen MR) is 246 cm³/mol. The van der Waals surface area contributed by atoms with Gasteiger partial charge >= 0.3 is 0 Å². The molecule has 10 heterocycles. The number of fused-ring (bicyclic) bond motifs is 3. The molecule has 0 bridgehead atoms. The lowest BCUT2D eigenvalue weighted by molar-refractivity contribution is 0.532. The minimum absolute atomic E-state index is 0.826. The van der Waals surface area contributed by atoms with Crippen LogP contribution in [-0.4, -0.2) is 62.3 Å². The summed E-state index contributed by atoms with van der Waals surface area (Å²) in [5.74, 6) is 5.09. The maximum Gasteiger partial charge on any atom is 0.177 e. The number of imidazole rings is 4. The average Bonchev–Trinajstić information content (AvgIpc) is 4.14. The van der Waals surface area contributed by atoms with Gasteiger partial charge in [-0.05, 0) is 122 Å². The molecule has 14 heteroatoms. The van der Waals surface area contributed by atoms with Crippen molar-refractivity contribution in [3.05, 3.63) is 163 Å². The van der Waals surface area contributed by atoms with Gasteiger partial charge in [0, 0.05) is 97.1 Å². The second kappa shape index (κ2) is 22.3. The molecule has 0 amide bonds. The smallest absolute Gasteiger partial charge is 0.177 e. The molecule has 0 N–H and O–H groups in total. The van der Waals surface area contributed by atoms with Gasteiger partial charge in [-0.15, -0.1) is 0 Å². The second-order valence-electron chi connectivity index (χ2n) is 14.5. The van der Waals surface area contributed by atoms with E-state index in [2.05, 4.69) is 70.0 Å². The third-order valence-corrected chi connectivity index (χ3v) is 10.2. The zero-order valence-corrected chi connectivity index (χ0v) is 38.2. The van der Waals surface area contributed by atoms with Crippen molar-refractivity contribution in [3.8, 4) is 0 Å². The van der Waals surface area contributed by atoms with Gasteiger partial charge in [-0.25, -0.2) is 29.9 Å². The first kappa shape index (κ1) is 46.6. The maximum atomic E-state index is 4.96. The van der Waals surface area contributed by atoms with Gasteiger partial charge in [0.2, 0.25) is 0 Å². The van der Waals surface area contributed by atoms with Crippen LogP contribution in [0, 0.1) is 55.4 Å². The van der Waals surface area contributed by atoms with Gasteiger partial charge in [-0.2, -0.15) is 0 Å². The summed E-state index contributed by atoms with van der Waals surface area (Å²) in [6, 6.07) is 19.9. The van der Waals surface area contributed by atoms with E-state index in [4.69, 9.17) is 4.42 Å². The van der Waals surface area contributed by atoms with Crippen LogP contribution in [0.2, 0.25) is 0 Å². The number of aromatic nitrogens is 13. The molecular formula is C47H61N13O. The van der Waals surface area contributed by atoms with Crippen molar-refractivity contribution in [1.29, 1.82) is 0 Å². The monoisotopic (exact) mass is 824 g/mol. The fraction of sp³-hybridized carbons (Fsp3) is 0.298. The molecule has 10 aromatic heterocycles. The van der Waals surface area contributed by atoms with Crippen LogP contribution in [-0.2, 0) is 42.3 Å². The van der Waals surface area contributed by atoms with E-state index in [9.17, 15) is 0 Å². The Morgan fingerprint density at radius 1 is 0.459 bits per heavy atom. The third kappa shape index (κ3) is 13.2. The summed E-state index contributed by atoms with van der Waals surface area (Å²) in [7, 11) is 12.0. The van der Waals surface area contributed by atoms with Crippen LogP contribution in [0.4, 0.5) is 0 Å². The van der Waals surface area contributed by atoms with Crippen LogP contribution in [0.3, 0.4) is 0 Å². The molecule has 0 unspecified atom stereocenters. The number of hydrogen-bond donors (Lipinski definition) is 0. The zero-order valence-electron chi connectivity index (χ0n) is 38.2. The summed E-state index contributed by atoms with van der Waals surface area (Å²) in [4.78, 5) is 29.3. The molecule has 320 valence electrons. The number of aryl methyl sites for hydroxylation is 14. The van der Waals surface area contributed by atoms with Gasteiger partial charge in [0.05, 0.1) is 29.0 Å². The number of nitrogens with zero attached hydrogens (tertiary/aromatic N) is 13. The quantitative estimate of drug-likeness (QED) is 0.148. The predicted octanol–water partition coefficient (Wildman–Crippen LogP) is 9.12. The SMILES string of the molecule is Cc1cccn1C.Cc1cccn1C.Cc1ccoc1C.Cc1nc2cccnc2n1C.Cc1nc2ccncc2n1C.Cc1nc2ncccc2n1C.Cc1nccn1C. The molecule has 0 aliphatic rings. The van der Waals surface area contributed by atoms with E-state index in [1.807, 2.05) is 175 Å². The van der Waals surface area contributed by atoms with Crippen LogP contribution in [0.1, 0.15) is 46.0 Å². The Hall–Kier alpha value is -7.09. The summed E-state index contributed by atoms with van der Waals surface area (Å²) in [5.41, 5.74) is 9.76. The summed E-state index contributed by atoms with van der Waals surface area (Å²) >= 11 is 0. The molecule has 0 fully saturated rings. The van der Waals surface area contributed by atoms with E-state index < -0.39 is 0 Å². The molecule has 10 aromatic rings. The van der Waals surface area contributed by atoms with Crippen LogP contribution >= 0.6 is 0 Å². The molecule has 0 saturated heterocycles. The summed E-state index contributed by atoms with van der Waals surface area (Å²) < 4.78 is 17.1. The molecule has 0 spiro atoms. The van der Waals surface area contributed by atoms with Gasteiger partial charge in [0.15, 0.2) is 11.3 Å². The highest BCUT2D eigenvalue weighted by Gasteiger charge is 2.03. The summed E-state index contributed by atoms with van der Waals surface area (Å²) in [6.07, 6.45) is 16.6. The Kier molecular flexibility index (Phi) is 17.1. The molecule has 14 nitrogen and oxygen atoms in total. The van der Waals surface area contributed by atoms with Gasteiger partial charge in [0.1, 0.15) is 34.6 Å². The molecular weight excluding hydrogens is 763 g/mol. The molecule has 0 saturated carbocycles. The summed E-state index contributed by atoms with van der Waals surface area (Å²) in [6.45, 7) is 16.1. The lowest BCUT2D eigenvalue weighted by Gasteiger charge is -1.93. The van der Waals surface area contributed by atoms with Crippen LogP contribution < -0.4 is 0 Å².